The molecule has 0 fully saturated rings. The molecule has 0 bridgehead atoms. The molecule has 2 rings (SSSR count). The first kappa shape index (κ1) is 19.5. The Bertz CT molecular complexity index is 512. The molecular weight excluding hydrogens is 290 g/mol. The Balaban J connectivity index is 0.000000463. The summed E-state index contributed by atoms with van der Waals surface area (Å²) in [4.78, 5) is 11.0. The Kier molecular flexibility index (Phi) is 8.10. The van der Waals surface area contributed by atoms with Crippen LogP contribution in [-0.2, 0) is 17.6 Å². The highest BCUT2D eigenvalue weighted by Crippen LogP contribution is 2.36. The number of benzene rings is 1. The predicted molar refractivity (Wildman–Crippen MR) is 94.3 cm³/mol. The number of nitrogens with two attached hydrogens (primary N) is 1. The Hall–Kier alpha value is -1.55. The molecule has 1 unspecified atom stereocenters. The van der Waals surface area contributed by atoms with Crippen molar-refractivity contribution in [1.29, 1.82) is 0 Å². The monoisotopic (exact) mass is 321 g/mol. The van der Waals surface area contributed by atoms with Crippen molar-refractivity contribution < 1.29 is 14.3 Å². The van der Waals surface area contributed by atoms with E-state index < -0.39 is 0 Å². The molecule has 1 aliphatic rings. The summed E-state index contributed by atoms with van der Waals surface area (Å²) >= 11 is 0. The van der Waals surface area contributed by atoms with Gasteiger partial charge in [-0.3, -0.25) is 4.79 Å². The number of Topliss-reactive ketones (excluding diaryl/α,β-unsaturated/α-hetero) is 1. The second-order valence-electron chi connectivity index (χ2n) is 6.41. The largest absolute Gasteiger partial charge is 0.494 e. The van der Waals surface area contributed by atoms with Gasteiger partial charge in [0.05, 0.1) is 6.61 Å². The van der Waals surface area contributed by atoms with Gasteiger partial charge in [0.2, 0.25) is 0 Å². The van der Waals surface area contributed by atoms with E-state index in [0.29, 0.717) is 6.61 Å². The maximum absolute atomic E-state index is 11.0. The number of hydrogen-bond acceptors (Lipinski definition) is 4. The lowest BCUT2D eigenvalue weighted by Crippen LogP contribution is -2.19. The third-order valence-electron chi connectivity index (χ3n) is 3.83. The van der Waals surface area contributed by atoms with Gasteiger partial charge < -0.3 is 15.2 Å². The van der Waals surface area contributed by atoms with Gasteiger partial charge in [-0.15, -0.1) is 0 Å². The second kappa shape index (κ2) is 9.56. The smallest absolute Gasteiger partial charge is 0.167 e. The number of carbonyl (C=O) groups excluding carboxylic acids is 1. The fourth-order valence-electron chi connectivity index (χ4n) is 2.30. The van der Waals surface area contributed by atoms with E-state index in [0.717, 1.165) is 41.4 Å². The maximum Gasteiger partial charge on any atom is 0.167 e. The van der Waals surface area contributed by atoms with Crippen LogP contribution in [0.2, 0.25) is 0 Å². The summed E-state index contributed by atoms with van der Waals surface area (Å²) in [6.07, 6.45) is 2.89. The van der Waals surface area contributed by atoms with Gasteiger partial charge in [0.1, 0.15) is 18.1 Å². The fourth-order valence-corrected chi connectivity index (χ4v) is 2.30. The zero-order valence-electron chi connectivity index (χ0n) is 15.1. The van der Waals surface area contributed by atoms with E-state index in [1.54, 1.807) is 0 Å². The molecule has 0 aromatic heterocycles. The minimum absolute atomic E-state index is 0.0138. The molecule has 1 aliphatic carbocycles. The topological polar surface area (TPSA) is 61.5 Å². The highest BCUT2D eigenvalue weighted by atomic mass is 16.5. The molecule has 0 saturated carbocycles. The molecule has 4 heteroatoms. The lowest BCUT2D eigenvalue weighted by Gasteiger charge is -2.13. The molecule has 4 nitrogen and oxygen atoms in total. The number of rotatable bonds is 6. The number of hydrogen-bond donors (Lipinski definition) is 1. The van der Waals surface area contributed by atoms with Gasteiger partial charge in [-0.1, -0.05) is 27.2 Å². The molecule has 1 atom stereocenters. The van der Waals surface area contributed by atoms with E-state index in [9.17, 15) is 4.79 Å². The minimum atomic E-state index is 0.0138. The van der Waals surface area contributed by atoms with Gasteiger partial charge in [-0.2, -0.15) is 0 Å². The van der Waals surface area contributed by atoms with E-state index in [2.05, 4.69) is 20.8 Å². The van der Waals surface area contributed by atoms with Gasteiger partial charge in [-0.25, -0.2) is 0 Å². The summed E-state index contributed by atoms with van der Waals surface area (Å²) in [5.74, 6) is 2.54. The molecule has 1 aromatic carbocycles. The van der Waals surface area contributed by atoms with Crippen LogP contribution in [0.25, 0.3) is 0 Å². The van der Waals surface area contributed by atoms with Gasteiger partial charge in [-0.05, 0) is 44.7 Å². The molecule has 0 saturated heterocycles. The summed E-state index contributed by atoms with van der Waals surface area (Å²) < 4.78 is 11.1. The SMILES string of the molecule is CCC(C)C.CCOc1ccc(OCC(C)=O)c2c1CC(N)C2. The van der Waals surface area contributed by atoms with Crippen molar-refractivity contribution in [2.75, 3.05) is 13.2 Å². The maximum atomic E-state index is 11.0. The lowest BCUT2D eigenvalue weighted by molar-refractivity contribution is -0.118. The first-order valence-electron chi connectivity index (χ1n) is 8.54. The van der Waals surface area contributed by atoms with Crippen LogP contribution in [0.1, 0.15) is 52.2 Å². The van der Waals surface area contributed by atoms with Gasteiger partial charge in [0, 0.05) is 17.2 Å². The number of fused-ring (bicyclic) bond motifs is 1. The first-order valence-corrected chi connectivity index (χ1v) is 8.54. The molecule has 0 heterocycles. The normalized spacial score (nSPS) is 15.7. The molecule has 1 aromatic rings. The highest BCUT2D eigenvalue weighted by molar-refractivity contribution is 5.77. The predicted octanol–water partition coefficient (Wildman–Crippen LogP) is 3.53. The number of carbonyl (C=O) groups is 1. The quantitative estimate of drug-likeness (QED) is 0.870. The first-order chi connectivity index (χ1) is 10.9. The third-order valence-corrected chi connectivity index (χ3v) is 3.83. The van der Waals surface area contributed by atoms with Crippen LogP contribution in [0.4, 0.5) is 0 Å². The second-order valence-corrected chi connectivity index (χ2v) is 6.41. The molecule has 0 radical (unpaired) electrons. The average molecular weight is 321 g/mol. The molecular formula is C19H31NO3. The van der Waals surface area contributed by atoms with Gasteiger partial charge in [0.15, 0.2) is 5.78 Å². The Labute approximate surface area is 140 Å². The van der Waals surface area contributed by atoms with Crippen molar-refractivity contribution >= 4 is 5.78 Å². The zero-order chi connectivity index (χ0) is 17.4. The molecule has 0 aliphatic heterocycles. The van der Waals surface area contributed by atoms with Crippen molar-refractivity contribution in [3.63, 3.8) is 0 Å². The van der Waals surface area contributed by atoms with Crippen molar-refractivity contribution in [2.24, 2.45) is 11.7 Å². The van der Waals surface area contributed by atoms with E-state index in [1.807, 2.05) is 19.1 Å². The Morgan fingerprint density at radius 1 is 1.17 bits per heavy atom. The van der Waals surface area contributed by atoms with Crippen LogP contribution in [-0.4, -0.2) is 25.0 Å². The van der Waals surface area contributed by atoms with Gasteiger partial charge in [0.25, 0.3) is 0 Å². The molecule has 0 spiro atoms. The minimum Gasteiger partial charge on any atom is -0.494 e. The number of ketones is 1. The third kappa shape index (κ3) is 6.22. The zero-order valence-corrected chi connectivity index (χ0v) is 15.1. The Morgan fingerprint density at radius 2 is 1.65 bits per heavy atom. The summed E-state index contributed by atoms with van der Waals surface area (Å²) in [6, 6.07) is 3.88. The van der Waals surface area contributed by atoms with Crippen molar-refractivity contribution in [1.82, 2.24) is 0 Å². The number of ether oxygens (including phenoxy) is 2. The molecule has 23 heavy (non-hydrogen) atoms. The summed E-state index contributed by atoms with van der Waals surface area (Å²) in [6.45, 7) is 10.9. The van der Waals surface area contributed by atoms with Crippen molar-refractivity contribution in [3.05, 3.63) is 23.3 Å². The van der Waals surface area contributed by atoms with Crippen LogP contribution in [0, 0.1) is 5.92 Å². The summed E-state index contributed by atoms with van der Waals surface area (Å²) in [7, 11) is 0. The van der Waals surface area contributed by atoms with Crippen LogP contribution < -0.4 is 15.2 Å². The van der Waals surface area contributed by atoms with Gasteiger partial charge >= 0.3 is 0 Å². The molecule has 130 valence electrons. The Morgan fingerprint density at radius 3 is 2.04 bits per heavy atom. The average Bonchev–Trinajstić information content (AvgIpc) is 2.89. The summed E-state index contributed by atoms with van der Waals surface area (Å²) in [5, 5.41) is 0. The standard InChI is InChI=1S/C14H19NO3.C5H12/c1-3-17-13-4-5-14(18-8-9(2)16)12-7-10(15)6-11(12)13;1-4-5(2)3/h4-5,10H,3,6-8,15H2,1-2H3;5H,4H2,1-3H3. The van der Waals surface area contributed by atoms with Crippen LogP contribution in [0.15, 0.2) is 12.1 Å². The van der Waals surface area contributed by atoms with E-state index in [4.69, 9.17) is 15.2 Å². The fraction of sp³-hybridized carbons (Fsp3) is 0.632. The summed E-state index contributed by atoms with van der Waals surface area (Å²) in [5.41, 5.74) is 8.22. The van der Waals surface area contributed by atoms with Crippen LogP contribution >= 0.6 is 0 Å². The van der Waals surface area contributed by atoms with Crippen LogP contribution in [0.3, 0.4) is 0 Å². The highest BCUT2D eigenvalue weighted by Gasteiger charge is 2.25. The lowest BCUT2D eigenvalue weighted by atomic mass is 10.1. The molecule has 0 amide bonds. The van der Waals surface area contributed by atoms with E-state index >= 15 is 0 Å². The van der Waals surface area contributed by atoms with E-state index in [1.165, 1.54) is 13.3 Å². The van der Waals surface area contributed by atoms with E-state index in [-0.39, 0.29) is 18.4 Å². The van der Waals surface area contributed by atoms with Crippen LogP contribution in [0.5, 0.6) is 11.5 Å². The van der Waals surface area contributed by atoms with Crippen molar-refractivity contribution in [3.8, 4) is 11.5 Å². The van der Waals surface area contributed by atoms with Crippen molar-refractivity contribution in [2.45, 2.75) is 59.9 Å². The molecule has 2 N–H and O–H groups in total.